The van der Waals surface area contributed by atoms with Crippen molar-refractivity contribution >= 4 is 40.6 Å². The number of carboxylic acids is 1. The van der Waals surface area contributed by atoms with Crippen molar-refractivity contribution in [1.29, 1.82) is 0 Å². The molecular formula is C19H16Cl2N2O3. The lowest BCUT2D eigenvalue weighted by Gasteiger charge is -2.36. The molecule has 0 bridgehead atoms. The first-order valence-electron chi connectivity index (χ1n) is 7.76. The Hall–Kier alpha value is -2.50. The first kappa shape index (κ1) is 18.3. The van der Waals surface area contributed by atoms with Gasteiger partial charge >= 0.3 is 5.97 Å². The fraction of sp³-hybridized carbons (Fsp3) is 0.158. The minimum Gasteiger partial charge on any atom is -0.497 e. The molecule has 26 heavy (non-hydrogen) atoms. The average molecular weight is 391 g/mol. The Morgan fingerprint density at radius 3 is 2.85 bits per heavy atom. The minimum absolute atomic E-state index is 0.106. The number of aliphatic carboxylic acids is 1. The number of methoxy groups -OCH3 is 1. The predicted octanol–water partition coefficient (Wildman–Crippen LogP) is 4.60. The summed E-state index contributed by atoms with van der Waals surface area (Å²) in [5, 5.41) is 16.3. The summed E-state index contributed by atoms with van der Waals surface area (Å²) in [5.41, 5.74) is -0.0721. The van der Waals surface area contributed by atoms with E-state index >= 15 is 0 Å². The highest BCUT2D eigenvalue weighted by Crippen LogP contribution is 2.43. The molecule has 0 saturated carbocycles. The van der Waals surface area contributed by atoms with Gasteiger partial charge in [0.05, 0.1) is 17.8 Å². The van der Waals surface area contributed by atoms with Crippen molar-refractivity contribution in [1.82, 2.24) is 0 Å². The average Bonchev–Trinajstić information content (AvgIpc) is 2.85. The molecule has 0 amide bonds. The molecule has 1 aliphatic heterocycles. The van der Waals surface area contributed by atoms with Crippen molar-refractivity contribution in [3.05, 3.63) is 76.5 Å². The predicted molar refractivity (Wildman–Crippen MR) is 104 cm³/mol. The van der Waals surface area contributed by atoms with Crippen LogP contribution in [0.5, 0.6) is 0 Å². The van der Waals surface area contributed by atoms with Crippen LogP contribution in [0.3, 0.4) is 0 Å². The van der Waals surface area contributed by atoms with E-state index in [1.807, 2.05) is 18.2 Å². The number of ether oxygens (including phenoxy) is 1. The summed E-state index contributed by atoms with van der Waals surface area (Å²) in [6, 6.07) is 4.98. The standard InChI is InChI=1S/C19H16Cl2N2O3/c1-12-17(18(24)25)22-23(16-8-7-13(20)11-15(16)21)19(12)9-3-5-14(26-2)6-4-10-19/h3-9,11H,1,10H2,2H3,(H,24,25)/b6-4-,9-3+,14-5+. The van der Waals surface area contributed by atoms with Crippen molar-refractivity contribution in [3.8, 4) is 0 Å². The molecule has 1 aliphatic carbocycles. The lowest BCUT2D eigenvalue weighted by Crippen LogP contribution is -2.43. The highest BCUT2D eigenvalue weighted by Gasteiger charge is 2.47. The number of hydrogen-bond donors (Lipinski definition) is 1. The lowest BCUT2D eigenvalue weighted by atomic mass is 9.83. The molecule has 1 aromatic carbocycles. The fourth-order valence-electron chi connectivity index (χ4n) is 2.97. The topological polar surface area (TPSA) is 62.1 Å². The summed E-state index contributed by atoms with van der Waals surface area (Å²) in [6.07, 6.45) is 9.57. The van der Waals surface area contributed by atoms with Gasteiger partial charge in [0.25, 0.3) is 0 Å². The Morgan fingerprint density at radius 2 is 2.19 bits per heavy atom. The van der Waals surface area contributed by atoms with Crippen molar-refractivity contribution in [3.63, 3.8) is 0 Å². The van der Waals surface area contributed by atoms with E-state index in [4.69, 9.17) is 27.9 Å². The van der Waals surface area contributed by atoms with Crippen LogP contribution in [-0.2, 0) is 9.53 Å². The molecule has 7 heteroatoms. The van der Waals surface area contributed by atoms with Crippen LogP contribution in [-0.4, -0.2) is 29.4 Å². The van der Waals surface area contributed by atoms with Gasteiger partial charge in [-0.3, -0.25) is 0 Å². The Labute approximate surface area is 161 Å². The van der Waals surface area contributed by atoms with Crippen LogP contribution in [0.2, 0.25) is 10.0 Å². The van der Waals surface area contributed by atoms with Crippen molar-refractivity contribution < 1.29 is 14.6 Å². The van der Waals surface area contributed by atoms with Gasteiger partial charge in [0.1, 0.15) is 11.3 Å². The van der Waals surface area contributed by atoms with E-state index < -0.39 is 11.5 Å². The Morgan fingerprint density at radius 1 is 1.42 bits per heavy atom. The van der Waals surface area contributed by atoms with E-state index in [0.717, 1.165) is 0 Å². The van der Waals surface area contributed by atoms with E-state index in [9.17, 15) is 9.90 Å². The smallest absolute Gasteiger partial charge is 0.356 e. The summed E-state index contributed by atoms with van der Waals surface area (Å²) in [6.45, 7) is 4.01. The van der Waals surface area contributed by atoms with E-state index in [0.29, 0.717) is 33.5 Å². The molecule has 3 rings (SSSR count). The zero-order valence-electron chi connectivity index (χ0n) is 13.9. The van der Waals surface area contributed by atoms with Crippen LogP contribution in [0.25, 0.3) is 0 Å². The van der Waals surface area contributed by atoms with Gasteiger partial charge in [0.15, 0.2) is 5.71 Å². The van der Waals surface area contributed by atoms with Crippen LogP contribution >= 0.6 is 23.2 Å². The molecule has 1 spiro atoms. The Balaban J connectivity index is 2.17. The van der Waals surface area contributed by atoms with Crippen LogP contribution in [0.15, 0.2) is 71.6 Å². The molecule has 0 aromatic heterocycles. The van der Waals surface area contributed by atoms with Gasteiger partial charge in [-0.2, -0.15) is 5.10 Å². The second kappa shape index (κ2) is 7.02. The highest BCUT2D eigenvalue weighted by molar-refractivity contribution is 6.44. The zero-order chi connectivity index (χ0) is 18.9. The number of anilines is 1. The van der Waals surface area contributed by atoms with Crippen LogP contribution in [0, 0.1) is 0 Å². The third-order valence-corrected chi connectivity index (χ3v) is 4.84. The number of allylic oxidation sites excluding steroid dienone is 3. The summed E-state index contributed by atoms with van der Waals surface area (Å²) in [4.78, 5) is 11.7. The third-order valence-electron chi connectivity index (χ3n) is 4.31. The molecule has 5 nitrogen and oxygen atoms in total. The number of hydrazone groups is 1. The first-order chi connectivity index (χ1) is 12.4. The maximum absolute atomic E-state index is 11.7. The minimum atomic E-state index is -1.14. The number of carboxylic acid groups (broad SMARTS) is 1. The SMILES string of the molecule is C=C1C(C(=O)O)=NN(c2ccc(Cl)cc2Cl)C12/C=C/C=C(OC)\C=C/C2. The van der Waals surface area contributed by atoms with Crippen molar-refractivity contribution in [2.24, 2.45) is 5.10 Å². The fourth-order valence-corrected chi connectivity index (χ4v) is 3.46. The summed E-state index contributed by atoms with van der Waals surface area (Å²) in [5.74, 6) is -0.454. The Kier molecular flexibility index (Phi) is 4.94. The molecule has 134 valence electrons. The van der Waals surface area contributed by atoms with Crippen LogP contribution < -0.4 is 5.01 Å². The largest absolute Gasteiger partial charge is 0.497 e. The molecule has 0 fully saturated rings. The molecule has 0 radical (unpaired) electrons. The van der Waals surface area contributed by atoms with Crippen molar-refractivity contribution in [2.75, 3.05) is 12.1 Å². The van der Waals surface area contributed by atoms with Crippen molar-refractivity contribution in [2.45, 2.75) is 12.0 Å². The molecule has 1 atom stereocenters. The normalized spacial score (nSPS) is 26.6. The zero-order valence-corrected chi connectivity index (χ0v) is 15.5. The molecule has 1 aromatic rings. The van der Waals surface area contributed by atoms with E-state index in [1.54, 1.807) is 42.5 Å². The van der Waals surface area contributed by atoms with Crippen LogP contribution in [0.4, 0.5) is 5.69 Å². The van der Waals surface area contributed by atoms with Gasteiger partial charge < -0.3 is 9.84 Å². The van der Waals surface area contributed by atoms with Gasteiger partial charge in [-0.15, -0.1) is 0 Å². The van der Waals surface area contributed by atoms with Gasteiger partial charge in [-0.25, -0.2) is 9.80 Å². The molecular weight excluding hydrogens is 375 g/mol. The maximum atomic E-state index is 11.7. The summed E-state index contributed by atoms with van der Waals surface area (Å²) in [7, 11) is 1.58. The third kappa shape index (κ3) is 3.04. The Bertz CT molecular complexity index is 902. The maximum Gasteiger partial charge on any atom is 0.356 e. The van der Waals surface area contributed by atoms with E-state index in [2.05, 4.69) is 11.7 Å². The number of nitrogens with zero attached hydrogens (tertiary/aromatic N) is 2. The first-order valence-corrected chi connectivity index (χ1v) is 8.51. The van der Waals surface area contributed by atoms with Gasteiger partial charge in [-0.1, -0.05) is 48.0 Å². The van der Waals surface area contributed by atoms with E-state index in [1.165, 1.54) is 0 Å². The highest BCUT2D eigenvalue weighted by atomic mass is 35.5. The van der Waals surface area contributed by atoms with Gasteiger partial charge in [0.2, 0.25) is 0 Å². The summed E-state index contributed by atoms with van der Waals surface area (Å²) < 4.78 is 5.24. The van der Waals surface area contributed by atoms with Gasteiger partial charge in [-0.05, 0) is 36.8 Å². The van der Waals surface area contributed by atoms with Gasteiger partial charge in [0, 0.05) is 10.6 Å². The molecule has 0 saturated heterocycles. The summed E-state index contributed by atoms with van der Waals surface area (Å²) >= 11 is 12.4. The van der Waals surface area contributed by atoms with Crippen LogP contribution in [0.1, 0.15) is 6.42 Å². The lowest BCUT2D eigenvalue weighted by molar-refractivity contribution is -0.129. The molecule has 1 heterocycles. The number of rotatable bonds is 3. The number of hydrogen-bond acceptors (Lipinski definition) is 4. The number of benzene rings is 1. The molecule has 1 N–H and O–H groups in total. The number of halogens is 2. The number of carbonyl (C=O) groups is 1. The van der Waals surface area contributed by atoms with E-state index in [-0.39, 0.29) is 5.71 Å². The second-order valence-corrected chi connectivity index (χ2v) is 6.65. The monoisotopic (exact) mass is 390 g/mol. The second-order valence-electron chi connectivity index (χ2n) is 5.80. The molecule has 1 unspecified atom stereocenters. The quantitative estimate of drug-likeness (QED) is 0.819. The molecule has 2 aliphatic rings.